The smallest absolute Gasteiger partial charge is 0.251 e. The molecule has 2 N–H and O–H groups in total. The molecule has 2 amide bonds. The van der Waals surface area contributed by atoms with Crippen molar-refractivity contribution >= 4 is 11.8 Å². The van der Waals surface area contributed by atoms with Gasteiger partial charge in [-0.15, -0.1) is 0 Å². The molecule has 0 saturated heterocycles. The van der Waals surface area contributed by atoms with Crippen LogP contribution in [-0.2, 0) is 4.79 Å². The number of hydrogen-bond donors (Lipinski definition) is 2. The highest BCUT2D eigenvalue weighted by molar-refractivity contribution is 5.96. The Morgan fingerprint density at radius 3 is 2.32 bits per heavy atom. The Balaban J connectivity index is 1.92. The maximum absolute atomic E-state index is 12.9. The molecule has 2 aromatic carbocycles. The number of ether oxygens (including phenoxy) is 2. The average Bonchev–Trinajstić information content (AvgIpc) is 2.66. The van der Waals surface area contributed by atoms with Crippen molar-refractivity contribution in [2.24, 2.45) is 0 Å². The van der Waals surface area contributed by atoms with E-state index in [1.54, 1.807) is 19.2 Å². The Kier molecular flexibility index (Phi) is 7.37. The summed E-state index contributed by atoms with van der Waals surface area (Å²) in [6, 6.07) is 10.3. The van der Waals surface area contributed by atoms with E-state index < -0.39 is 11.7 Å². The van der Waals surface area contributed by atoms with Crippen molar-refractivity contribution in [1.82, 2.24) is 10.6 Å². The van der Waals surface area contributed by atoms with Gasteiger partial charge in [-0.25, -0.2) is 4.39 Å². The monoisotopic (exact) mass is 388 g/mol. The second-order valence-corrected chi connectivity index (χ2v) is 6.56. The summed E-state index contributed by atoms with van der Waals surface area (Å²) in [4.78, 5) is 24.1. The van der Waals surface area contributed by atoms with E-state index in [9.17, 15) is 14.0 Å². The number of nitrogens with one attached hydrogen (secondary N) is 2. The van der Waals surface area contributed by atoms with Crippen molar-refractivity contribution < 1.29 is 23.5 Å². The van der Waals surface area contributed by atoms with E-state index in [2.05, 4.69) is 10.6 Å². The van der Waals surface area contributed by atoms with Gasteiger partial charge in [0.05, 0.1) is 25.8 Å². The third-order valence-corrected chi connectivity index (χ3v) is 3.94. The highest BCUT2D eigenvalue weighted by atomic mass is 19.1. The SMILES string of the molecule is COc1cc(C(C)NC(=O)CNC(=O)c2ccc(F)cc2)ccc1OC(C)C. The Labute approximate surface area is 164 Å². The van der Waals surface area contributed by atoms with Gasteiger partial charge in [0.15, 0.2) is 11.5 Å². The average molecular weight is 388 g/mol. The lowest BCUT2D eigenvalue weighted by Gasteiger charge is -2.18. The number of rotatable bonds is 8. The molecule has 0 bridgehead atoms. The van der Waals surface area contributed by atoms with E-state index >= 15 is 0 Å². The summed E-state index contributed by atoms with van der Waals surface area (Å²) < 4.78 is 23.9. The summed E-state index contributed by atoms with van der Waals surface area (Å²) in [5, 5.41) is 5.32. The van der Waals surface area contributed by atoms with Gasteiger partial charge in [-0.1, -0.05) is 6.07 Å². The maximum Gasteiger partial charge on any atom is 0.251 e. The van der Waals surface area contributed by atoms with E-state index in [1.165, 1.54) is 24.3 Å². The van der Waals surface area contributed by atoms with Gasteiger partial charge in [0.1, 0.15) is 5.82 Å². The molecule has 0 aliphatic heterocycles. The summed E-state index contributed by atoms with van der Waals surface area (Å²) in [7, 11) is 1.56. The molecule has 7 heteroatoms. The second-order valence-electron chi connectivity index (χ2n) is 6.56. The van der Waals surface area contributed by atoms with E-state index in [4.69, 9.17) is 9.47 Å². The summed E-state index contributed by atoms with van der Waals surface area (Å²) in [6.45, 7) is 5.50. The summed E-state index contributed by atoms with van der Waals surface area (Å²) in [6.07, 6.45) is 0.0154. The van der Waals surface area contributed by atoms with Crippen molar-refractivity contribution in [2.75, 3.05) is 13.7 Å². The molecule has 0 aliphatic rings. The Morgan fingerprint density at radius 2 is 1.71 bits per heavy atom. The number of hydrogen-bond acceptors (Lipinski definition) is 4. The first kappa shape index (κ1) is 21.2. The molecule has 0 aliphatic carbocycles. The molecule has 0 aromatic heterocycles. The van der Waals surface area contributed by atoms with Crippen molar-refractivity contribution in [3.8, 4) is 11.5 Å². The Morgan fingerprint density at radius 1 is 1.04 bits per heavy atom. The minimum atomic E-state index is -0.445. The van der Waals surface area contributed by atoms with Crippen LogP contribution in [0.2, 0.25) is 0 Å². The van der Waals surface area contributed by atoms with Crippen LogP contribution < -0.4 is 20.1 Å². The first-order valence-electron chi connectivity index (χ1n) is 8.98. The van der Waals surface area contributed by atoms with Gasteiger partial charge in [0, 0.05) is 5.56 Å². The van der Waals surface area contributed by atoms with Crippen LogP contribution in [0.5, 0.6) is 11.5 Å². The van der Waals surface area contributed by atoms with Crippen molar-refractivity contribution in [2.45, 2.75) is 32.9 Å². The molecule has 0 fully saturated rings. The van der Waals surface area contributed by atoms with Gasteiger partial charge in [-0.05, 0) is 62.7 Å². The predicted octanol–water partition coefficient (Wildman–Crippen LogP) is 3.23. The standard InChI is InChI=1S/C21H25FN2O4/c1-13(2)28-18-10-7-16(11-19(18)27-4)14(3)24-20(25)12-23-21(26)15-5-8-17(22)9-6-15/h5-11,13-14H,12H2,1-4H3,(H,23,26)(H,24,25). The molecule has 0 spiro atoms. The molecule has 150 valence electrons. The van der Waals surface area contributed by atoms with Crippen LogP contribution >= 0.6 is 0 Å². The Bertz CT molecular complexity index is 822. The topological polar surface area (TPSA) is 76.7 Å². The van der Waals surface area contributed by atoms with Gasteiger partial charge in [0.2, 0.25) is 5.91 Å². The number of amides is 2. The number of carbonyl (C=O) groups excluding carboxylic acids is 2. The zero-order chi connectivity index (χ0) is 20.7. The van der Waals surface area contributed by atoms with Crippen LogP contribution in [0.4, 0.5) is 4.39 Å². The quantitative estimate of drug-likeness (QED) is 0.728. The lowest BCUT2D eigenvalue weighted by atomic mass is 10.1. The van der Waals surface area contributed by atoms with Crippen LogP contribution in [0, 0.1) is 5.82 Å². The number of methoxy groups -OCH3 is 1. The van der Waals surface area contributed by atoms with E-state index in [1.807, 2.05) is 26.8 Å². The minimum Gasteiger partial charge on any atom is -0.493 e. The molecule has 1 unspecified atom stereocenters. The molecule has 2 aromatic rings. The number of carbonyl (C=O) groups is 2. The highest BCUT2D eigenvalue weighted by Crippen LogP contribution is 2.31. The molecule has 1 atom stereocenters. The van der Waals surface area contributed by atoms with Crippen LogP contribution in [0.3, 0.4) is 0 Å². The van der Waals surface area contributed by atoms with E-state index in [0.717, 1.165) is 5.56 Å². The molecule has 6 nitrogen and oxygen atoms in total. The normalized spacial score (nSPS) is 11.6. The highest BCUT2D eigenvalue weighted by Gasteiger charge is 2.14. The summed E-state index contributed by atoms with van der Waals surface area (Å²) in [5.74, 6) is -0.00398. The van der Waals surface area contributed by atoms with Crippen LogP contribution in [0.25, 0.3) is 0 Å². The maximum atomic E-state index is 12.9. The Hall–Kier alpha value is -3.09. The van der Waals surface area contributed by atoms with Gasteiger partial charge < -0.3 is 20.1 Å². The van der Waals surface area contributed by atoms with Crippen LogP contribution in [0.1, 0.15) is 42.7 Å². The molecular formula is C21H25FN2O4. The first-order chi connectivity index (χ1) is 13.3. The van der Waals surface area contributed by atoms with E-state index in [-0.39, 0.29) is 30.2 Å². The van der Waals surface area contributed by atoms with Crippen molar-refractivity contribution in [1.29, 1.82) is 0 Å². The zero-order valence-electron chi connectivity index (χ0n) is 16.4. The minimum absolute atomic E-state index is 0.0154. The first-order valence-corrected chi connectivity index (χ1v) is 8.98. The molecular weight excluding hydrogens is 363 g/mol. The molecule has 0 saturated carbocycles. The van der Waals surface area contributed by atoms with Crippen molar-refractivity contribution in [3.63, 3.8) is 0 Å². The fraction of sp³-hybridized carbons (Fsp3) is 0.333. The molecule has 0 heterocycles. The zero-order valence-corrected chi connectivity index (χ0v) is 16.4. The van der Waals surface area contributed by atoms with E-state index in [0.29, 0.717) is 11.5 Å². The molecule has 28 heavy (non-hydrogen) atoms. The van der Waals surface area contributed by atoms with Gasteiger partial charge in [-0.2, -0.15) is 0 Å². The molecule has 0 radical (unpaired) electrons. The van der Waals surface area contributed by atoms with Gasteiger partial charge in [-0.3, -0.25) is 9.59 Å². The fourth-order valence-corrected chi connectivity index (χ4v) is 2.54. The lowest BCUT2D eigenvalue weighted by molar-refractivity contribution is -0.120. The summed E-state index contributed by atoms with van der Waals surface area (Å²) >= 11 is 0. The third-order valence-electron chi connectivity index (χ3n) is 3.94. The third kappa shape index (κ3) is 5.97. The fourth-order valence-electron chi connectivity index (χ4n) is 2.54. The summed E-state index contributed by atoms with van der Waals surface area (Å²) in [5.41, 5.74) is 1.12. The second kappa shape index (κ2) is 9.73. The van der Waals surface area contributed by atoms with Crippen molar-refractivity contribution in [3.05, 3.63) is 59.4 Å². The largest absolute Gasteiger partial charge is 0.493 e. The predicted molar refractivity (Wildman–Crippen MR) is 104 cm³/mol. The number of halogens is 1. The molecule has 2 rings (SSSR count). The van der Waals surface area contributed by atoms with Crippen LogP contribution in [0.15, 0.2) is 42.5 Å². The van der Waals surface area contributed by atoms with Gasteiger partial charge in [0.25, 0.3) is 5.91 Å². The number of benzene rings is 2. The lowest BCUT2D eigenvalue weighted by Crippen LogP contribution is -2.38. The van der Waals surface area contributed by atoms with Crippen LogP contribution in [-0.4, -0.2) is 31.6 Å². The van der Waals surface area contributed by atoms with Gasteiger partial charge >= 0.3 is 0 Å².